The molecule has 0 spiro atoms. The zero-order valence-corrected chi connectivity index (χ0v) is 14.7. The third kappa shape index (κ3) is 2.42. The smallest absolute Gasteiger partial charge is 0.142 e. The molecule has 2 rings (SSSR count). The number of benzene rings is 1. The molecule has 0 bridgehead atoms. The van der Waals surface area contributed by atoms with Gasteiger partial charge < -0.3 is 21.0 Å². The van der Waals surface area contributed by atoms with Crippen LogP contribution >= 0.6 is 0 Å². The van der Waals surface area contributed by atoms with Crippen LogP contribution in [0.3, 0.4) is 0 Å². The molecule has 1 aromatic rings. The Morgan fingerprint density at radius 2 is 1.92 bits per heavy atom. The van der Waals surface area contributed by atoms with E-state index in [1.165, 1.54) is 7.11 Å². The lowest BCUT2D eigenvalue weighted by molar-refractivity contribution is 0.210. The first-order chi connectivity index (χ1) is 11.3. The predicted molar refractivity (Wildman–Crippen MR) is 98.7 cm³/mol. The number of amidine groups is 1. The van der Waals surface area contributed by atoms with Gasteiger partial charge in [-0.2, -0.15) is 0 Å². The van der Waals surface area contributed by atoms with Crippen LogP contribution in [-0.2, 0) is 4.84 Å². The van der Waals surface area contributed by atoms with Crippen molar-refractivity contribution in [3.63, 3.8) is 0 Å². The topological polar surface area (TPSA) is 108 Å². The van der Waals surface area contributed by atoms with Gasteiger partial charge in [-0.1, -0.05) is 5.16 Å². The standard InChI is InChI=1S/C17H23N5O2/c1-17(2)12(16(19)21-4)14(20-3)9-7-8-10(23-5)13(18)11(9)15(17)22-24-6/h7-8H,3,18H2,1-2,4-6H3,(H2,19,21)/b22-15-. The molecule has 0 aromatic heterocycles. The van der Waals surface area contributed by atoms with Gasteiger partial charge in [0.1, 0.15) is 24.4 Å². The van der Waals surface area contributed by atoms with Crippen molar-refractivity contribution in [1.82, 2.24) is 0 Å². The number of aliphatic imine (C=N–C) groups is 2. The zero-order valence-electron chi connectivity index (χ0n) is 14.7. The highest BCUT2D eigenvalue weighted by atomic mass is 16.6. The molecule has 7 nitrogen and oxygen atoms in total. The van der Waals surface area contributed by atoms with Gasteiger partial charge >= 0.3 is 0 Å². The van der Waals surface area contributed by atoms with Crippen molar-refractivity contribution in [3.8, 4) is 5.75 Å². The highest BCUT2D eigenvalue weighted by molar-refractivity contribution is 6.23. The van der Waals surface area contributed by atoms with Crippen LogP contribution in [0.1, 0.15) is 25.0 Å². The van der Waals surface area contributed by atoms with E-state index in [-0.39, 0.29) is 0 Å². The van der Waals surface area contributed by atoms with Crippen molar-refractivity contribution < 1.29 is 9.57 Å². The molecule has 24 heavy (non-hydrogen) atoms. The molecule has 1 aliphatic carbocycles. The lowest BCUT2D eigenvalue weighted by Gasteiger charge is -2.36. The molecule has 0 saturated heterocycles. The lowest BCUT2D eigenvalue weighted by atomic mass is 9.69. The van der Waals surface area contributed by atoms with E-state index in [9.17, 15) is 0 Å². The largest absolute Gasteiger partial charge is 0.495 e. The fourth-order valence-electron chi connectivity index (χ4n) is 3.06. The number of hydrogen-bond acceptors (Lipinski definition) is 6. The Kier molecular flexibility index (Phi) is 4.64. The van der Waals surface area contributed by atoms with Crippen LogP contribution in [0.2, 0.25) is 0 Å². The van der Waals surface area contributed by atoms with Crippen molar-refractivity contribution >= 4 is 29.6 Å². The van der Waals surface area contributed by atoms with Gasteiger partial charge in [0.2, 0.25) is 0 Å². The summed E-state index contributed by atoms with van der Waals surface area (Å²) >= 11 is 0. The van der Waals surface area contributed by atoms with Gasteiger partial charge in [-0.05, 0) is 32.7 Å². The van der Waals surface area contributed by atoms with E-state index in [0.29, 0.717) is 34.2 Å². The number of methoxy groups -OCH3 is 1. The second-order valence-electron chi connectivity index (χ2n) is 5.84. The van der Waals surface area contributed by atoms with Crippen LogP contribution in [0.15, 0.2) is 32.8 Å². The van der Waals surface area contributed by atoms with E-state index < -0.39 is 5.41 Å². The number of anilines is 1. The third-order valence-corrected chi connectivity index (χ3v) is 4.21. The molecule has 128 valence electrons. The fourth-order valence-corrected chi connectivity index (χ4v) is 3.06. The molecule has 0 aliphatic heterocycles. The summed E-state index contributed by atoms with van der Waals surface area (Å²) in [6.45, 7) is 7.62. The maximum absolute atomic E-state index is 6.32. The van der Waals surface area contributed by atoms with Crippen molar-refractivity contribution in [1.29, 1.82) is 0 Å². The van der Waals surface area contributed by atoms with Crippen LogP contribution in [0, 0.1) is 5.41 Å². The second-order valence-corrected chi connectivity index (χ2v) is 5.84. The van der Waals surface area contributed by atoms with Crippen molar-refractivity contribution in [2.45, 2.75) is 13.8 Å². The molecule has 0 atom stereocenters. The summed E-state index contributed by atoms with van der Waals surface area (Å²) in [6, 6.07) is 3.64. The molecule has 0 heterocycles. The number of ether oxygens (including phenoxy) is 1. The zero-order chi connectivity index (χ0) is 18.1. The Morgan fingerprint density at radius 3 is 2.42 bits per heavy atom. The first-order valence-electron chi connectivity index (χ1n) is 7.38. The molecular formula is C17H23N5O2. The summed E-state index contributed by atoms with van der Waals surface area (Å²) in [5.41, 5.74) is 15.8. The molecule has 7 heteroatoms. The normalized spacial score (nSPS) is 18.4. The summed E-state index contributed by atoms with van der Waals surface area (Å²) in [7, 11) is 4.68. The lowest BCUT2D eigenvalue weighted by Crippen LogP contribution is -2.39. The molecule has 1 aliphatic rings. The quantitative estimate of drug-likeness (QED) is 0.381. The van der Waals surface area contributed by atoms with Crippen molar-refractivity contribution in [3.05, 3.63) is 28.8 Å². The van der Waals surface area contributed by atoms with Crippen LogP contribution in [0.25, 0.3) is 5.70 Å². The summed E-state index contributed by atoms with van der Waals surface area (Å²) in [6.07, 6.45) is 0. The number of oxime groups is 1. The third-order valence-electron chi connectivity index (χ3n) is 4.21. The Balaban J connectivity index is 3.01. The average molecular weight is 329 g/mol. The minimum Gasteiger partial charge on any atom is -0.495 e. The van der Waals surface area contributed by atoms with Gasteiger partial charge in [0.05, 0.1) is 18.5 Å². The van der Waals surface area contributed by atoms with Gasteiger partial charge in [-0.25, -0.2) is 0 Å². The van der Waals surface area contributed by atoms with Crippen LogP contribution in [0.5, 0.6) is 5.75 Å². The maximum atomic E-state index is 6.32. The molecule has 0 amide bonds. The minimum atomic E-state index is -0.635. The molecular weight excluding hydrogens is 306 g/mol. The molecule has 4 N–H and O–H groups in total. The van der Waals surface area contributed by atoms with E-state index in [1.54, 1.807) is 20.2 Å². The average Bonchev–Trinajstić information content (AvgIpc) is 2.56. The summed E-state index contributed by atoms with van der Waals surface area (Å²) < 4.78 is 5.34. The SMILES string of the molecule is C=NC1=C(C(N)=NC)C(C)(C)/C(=N\OC)c2c1ccc(OC)c2N. The minimum absolute atomic E-state index is 0.367. The highest BCUT2D eigenvalue weighted by Crippen LogP contribution is 2.47. The van der Waals surface area contributed by atoms with Crippen LogP contribution in [0.4, 0.5) is 5.69 Å². The van der Waals surface area contributed by atoms with E-state index in [1.807, 2.05) is 19.9 Å². The van der Waals surface area contributed by atoms with Gasteiger partial charge in [-0.3, -0.25) is 9.98 Å². The van der Waals surface area contributed by atoms with Crippen molar-refractivity contribution in [2.24, 2.45) is 26.3 Å². The Bertz CT molecular complexity index is 775. The summed E-state index contributed by atoms with van der Waals surface area (Å²) in [5, 5.41) is 4.22. The summed E-state index contributed by atoms with van der Waals surface area (Å²) in [5.74, 6) is 0.920. The monoisotopic (exact) mass is 329 g/mol. The number of fused-ring (bicyclic) bond motifs is 1. The molecule has 0 fully saturated rings. The molecule has 1 aromatic carbocycles. The van der Waals surface area contributed by atoms with Crippen LogP contribution in [-0.4, -0.2) is 39.5 Å². The maximum Gasteiger partial charge on any atom is 0.142 e. The Morgan fingerprint density at radius 1 is 1.25 bits per heavy atom. The number of hydrogen-bond donors (Lipinski definition) is 2. The van der Waals surface area contributed by atoms with E-state index in [2.05, 4.69) is 21.9 Å². The van der Waals surface area contributed by atoms with E-state index in [0.717, 1.165) is 11.1 Å². The van der Waals surface area contributed by atoms with E-state index in [4.69, 9.17) is 21.0 Å². The van der Waals surface area contributed by atoms with Gasteiger partial charge in [-0.15, -0.1) is 0 Å². The number of nitrogens with two attached hydrogens (primary N) is 2. The van der Waals surface area contributed by atoms with Gasteiger partial charge in [0.25, 0.3) is 0 Å². The van der Waals surface area contributed by atoms with Crippen molar-refractivity contribution in [2.75, 3.05) is 27.0 Å². The van der Waals surface area contributed by atoms with Gasteiger partial charge in [0.15, 0.2) is 0 Å². The fraction of sp³-hybridized carbons (Fsp3) is 0.353. The Labute approximate surface area is 141 Å². The highest BCUT2D eigenvalue weighted by Gasteiger charge is 2.42. The number of nitrogens with zero attached hydrogens (tertiary/aromatic N) is 3. The molecule has 0 unspecified atom stereocenters. The molecule has 0 radical (unpaired) electrons. The Hall–Kier alpha value is -2.83. The van der Waals surface area contributed by atoms with Crippen LogP contribution < -0.4 is 16.2 Å². The number of nitrogen functional groups attached to an aromatic ring is 1. The first-order valence-corrected chi connectivity index (χ1v) is 7.38. The van der Waals surface area contributed by atoms with Gasteiger partial charge in [0, 0.05) is 29.2 Å². The van der Waals surface area contributed by atoms with E-state index >= 15 is 0 Å². The first kappa shape index (κ1) is 17.5. The second kappa shape index (κ2) is 6.35. The predicted octanol–water partition coefficient (Wildman–Crippen LogP) is 2.07. The number of rotatable bonds is 4. The summed E-state index contributed by atoms with van der Waals surface area (Å²) in [4.78, 5) is 13.4. The molecule has 0 saturated carbocycles.